The summed E-state index contributed by atoms with van der Waals surface area (Å²) < 4.78 is 25.3. The Morgan fingerprint density at radius 1 is 1.31 bits per heavy atom. The van der Waals surface area contributed by atoms with Crippen LogP contribution in [0.3, 0.4) is 0 Å². The van der Waals surface area contributed by atoms with Crippen molar-refractivity contribution in [1.29, 1.82) is 0 Å². The number of hydrogen-bond donors (Lipinski definition) is 0. The summed E-state index contributed by atoms with van der Waals surface area (Å²) in [5.41, 5.74) is 0.792. The number of rotatable bonds is 3. The molecule has 0 nitrogen and oxygen atoms in total. The molecule has 13 heavy (non-hydrogen) atoms. The van der Waals surface area contributed by atoms with Gasteiger partial charge in [-0.3, -0.25) is 0 Å². The van der Waals surface area contributed by atoms with Crippen LogP contribution < -0.4 is 0 Å². The van der Waals surface area contributed by atoms with Gasteiger partial charge in [-0.15, -0.1) is 0 Å². The van der Waals surface area contributed by atoms with Gasteiger partial charge >= 0.3 is 0 Å². The van der Waals surface area contributed by atoms with Crippen LogP contribution in [0.25, 0.3) is 0 Å². The van der Waals surface area contributed by atoms with Crippen LogP contribution in [0.4, 0.5) is 8.78 Å². The van der Waals surface area contributed by atoms with Crippen LogP contribution in [0.1, 0.15) is 30.2 Å². The number of halogens is 3. The van der Waals surface area contributed by atoms with Gasteiger partial charge in [0.2, 0.25) is 0 Å². The largest absolute Gasteiger partial charge is 0.204 e. The molecular weight excluding hydrogens is 238 g/mol. The summed E-state index contributed by atoms with van der Waals surface area (Å²) in [6.07, 6.45) is 1.93. The molecule has 0 saturated heterocycles. The standard InChI is InChI=1S/C10H11BrF2/c1-2-3-8(11)7-4-5-9(12)10(13)6-7/h4-6,8H,2-3H2,1H3. The van der Waals surface area contributed by atoms with Crippen molar-refractivity contribution in [3.05, 3.63) is 35.4 Å². The maximum atomic E-state index is 12.8. The third kappa shape index (κ3) is 2.76. The summed E-state index contributed by atoms with van der Waals surface area (Å²) >= 11 is 3.42. The molecule has 72 valence electrons. The summed E-state index contributed by atoms with van der Waals surface area (Å²) in [5.74, 6) is -1.57. The Balaban J connectivity index is 2.84. The van der Waals surface area contributed by atoms with E-state index in [0.29, 0.717) is 0 Å². The molecule has 0 bridgehead atoms. The molecular formula is C10H11BrF2. The van der Waals surface area contributed by atoms with Gasteiger partial charge in [0.25, 0.3) is 0 Å². The molecule has 0 radical (unpaired) electrons. The van der Waals surface area contributed by atoms with E-state index in [1.165, 1.54) is 6.07 Å². The molecule has 1 rings (SSSR count). The molecule has 0 aliphatic heterocycles. The van der Waals surface area contributed by atoms with Crippen LogP contribution in [0.15, 0.2) is 18.2 Å². The number of alkyl halides is 1. The molecule has 3 heteroatoms. The topological polar surface area (TPSA) is 0 Å². The van der Waals surface area contributed by atoms with Gasteiger partial charge in [-0.25, -0.2) is 8.78 Å². The van der Waals surface area contributed by atoms with Crippen LogP contribution in [0.5, 0.6) is 0 Å². The molecule has 0 aliphatic rings. The summed E-state index contributed by atoms with van der Waals surface area (Å²) in [5, 5.41) is 0. The molecule has 0 spiro atoms. The highest BCUT2D eigenvalue weighted by atomic mass is 79.9. The maximum Gasteiger partial charge on any atom is 0.159 e. The second-order valence-corrected chi connectivity index (χ2v) is 4.04. The molecule has 0 amide bonds. The lowest BCUT2D eigenvalue weighted by molar-refractivity contribution is 0.506. The first-order valence-corrected chi connectivity index (χ1v) is 5.15. The Kier molecular flexibility index (Phi) is 3.85. The van der Waals surface area contributed by atoms with Crippen molar-refractivity contribution < 1.29 is 8.78 Å². The minimum Gasteiger partial charge on any atom is -0.204 e. The van der Waals surface area contributed by atoms with Crippen LogP contribution in [0.2, 0.25) is 0 Å². The van der Waals surface area contributed by atoms with E-state index in [-0.39, 0.29) is 4.83 Å². The van der Waals surface area contributed by atoms with Gasteiger partial charge in [0.15, 0.2) is 11.6 Å². The Bertz CT molecular complexity index is 286. The van der Waals surface area contributed by atoms with E-state index in [4.69, 9.17) is 0 Å². The lowest BCUT2D eigenvalue weighted by Crippen LogP contribution is -1.92. The third-order valence-corrected chi connectivity index (χ3v) is 2.83. The third-order valence-electron chi connectivity index (χ3n) is 1.85. The summed E-state index contributed by atoms with van der Waals surface area (Å²) in [6.45, 7) is 2.05. The van der Waals surface area contributed by atoms with E-state index in [2.05, 4.69) is 15.9 Å². The van der Waals surface area contributed by atoms with Crippen LogP contribution in [-0.2, 0) is 0 Å². The second kappa shape index (κ2) is 4.70. The molecule has 0 saturated carbocycles. The van der Waals surface area contributed by atoms with Crippen LogP contribution >= 0.6 is 15.9 Å². The second-order valence-electron chi connectivity index (χ2n) is 2.93. The van der Waals surface area contributed by atoms with E-state index >= 15 is 0 Å². The Labute approximate surface area is 85.1 Å². The molecule has 1 atom stereocenters. The SMILES string of the molecule is CCCC(Br)c1ccc(F)c(F)c1. The molecule has 0 aliphatic carbocycles. The minimum absolute atomic E-state index is 0.118. The zero-order chi connectivity index (χ0) is 9.84. The smallest absolute Gasteiger partial charge is 0.159 e. The highest BCUT2D eigenvalue weighted by molar-refractivity contribution is 9.09. The van der Waals surface area contributed by atoms with Crippen LogP contribution in [-0.4, -0.2) is 0 Å². The monoisotopic (exact) mass is 248 g/mol. The molecule has 1 aromatic rings. The van der Waals surface area contributed by atoms with Crippen molar-refractivity contribution in [2.24, 2.45) is 0 Å². The Hall–Kier alpha value is -0.440. The van der Waals surface area contributed by atoms with Crippen LogP contribution in [0, 0.1) is 11.6 Å². The summed E-state index contributed by atoms with van der Waals surface area (Å²) in [6, 6.07) is 4.01. The summed E-state index contributed by atoms with van der Waals surface area (Å²) in [4.78, 5) is 0.118. The van der Waals surface area contributed by atoms with Gasteiger partial charge in [0.05, 0.1) is 0 Å². The first-order chi connectivity index (χ1) is 6.15. The van der Waals surface area contributed by atoms with Gasteiger partial charge in [0.1, 0.15) is 0 Å². The fourth-order valence-electron chi connectivity index (χ4n) is 1.13. The maximum absolute atomic E-state index is 12.8. The fourth-order valence-corrected chi connectivity index (χ4v) is 1.87. The van der Waals surface area contributed by atoms with Crippen molar-refractivity contribution in [3.63, 3.8) is 0 Å². The van der Waals surface area contributed by atoms with Crippen molar-refractivity contribution in [2.45, 2.75) is 24.6 Å². The predicted molar refractivity (Wildman–Crippen MR) is 52.9 cm³/mol. The first-order valence-electron chi connectivity index (χ1n) is 4.24. The number of benzene rings is 1. The van der Waals surface area contributed by atoms with Crippen molar-refractivity contribution in [2.75, 3.05) is 0 Å². The molecule has 0 N–H and O–H groups in total. The molecule has 0 heterocycles. The van der Waals surface area contributed by atoms with Crippen molar-refractivity contribution in [1.82, 2.24) is 0 Å². The van der Waals surface area contributed by atoms with Gasteiger partial charge < -0.3 is 0 Å². The fraction of sp³-hybridized carbons (Fsp3) is 0.400. The predicted octanol–water partition coefficient (Wildman–Crippen LogP) is 4.20. The zero-order valence-electron chi connectivity index (χ0n) is 7.36. The summed E-state index contributed by atoms with van der Waals surface area (Å²) in [7, 11) is 0. The van der Waals surface area contributed by atoms with E-state index in [1.54, 1.807) is 6.07 Å². The highest BCUT2D eigenvalue weighted by Gasteiger charge is 2.09. The van der Waals surface area contributed by atoms with E-state index in [1.807, 2.05) is 6.92 Å². The Morgan fingerprint density at radius 2 is 2.00 bits per heavy atom. The number of hydrogen-bond acceptors (Lipinski definition) is 0. The van der Waals surface area contributed by atoms with E-state index in [9.17, 15) is 8.78 Å². The average Bonchev–Trinajstić information content (AvgIpc) is 2.10. The van der Waals surface area contributed by atoms with E-state index in [0.717, 1.165) is 24.5 Å². The van der Waals surface area contributed by atoms with Gasteiger partial charge in [0, 0.05) is 4.83 Å². The molecule has 1 aromatic carbocycles. The van der Waals surface area contributed by atoms with Gasteiger partial charge in [-0.05, 0) is 24.1 Å². The lowest BCUT2D eigenvalue weighted by atomic mass is 10.1. The Morgan fingerprint density at radius 3 is 2.54 bits per heavy atom. The van der Waals surface area contributed by atoms with E-state index < -0.39 is 11.6 Å². The normalized spacial score (nSPS) is 12.9. The molecule has 0 fully saturated rings. The lowest BCUT2D eigenvalue weighted by Gasteiger charge is -2.08. The first kappa shape index (κ1) is 10.6. The van der Waals surface area contributed by atoms with Gasteiger partial charge in [-0.1, -0.05) is 35.3 Å². The van der Waals surface area contributed by atoms with Gasteiger partial charge in [-0.2, -0.15) is 0 Å². The molecule has 1 unspecified atom stereocenters. The minimum atomic E-state index is -0.792. The average molecular weight is 249 g/mol. The quantitative estimate of drug-likeness (QED) is 0.704. The zero-order valence-corrected chi connectivity index (χ0v) is 8.94. The van der Waals surface area contributed by atoms with Crippen molar-refractivity contribution in [3.8, 4) is 0 Å². The highest BCUT2D eigenvalue weighted by Crippen LogP contribution is 2.28. The molecule has 0 aromatic heterocycles. The van der Waals surface area contributed by atoms with Crippen molar-refractivity contribution >= 4 is 15.9 Å².